The fourth-order valence-corrected chi connectivity index (χ4v) is 2.20. The van der Waals surface area contributed by atoms with Crippen molar-refractivity contribution in [3.05, 3.63) is 40.5 Å². The van der Waals surface area contributed by atoms with Crippen LogP contribution in [-0.4, -0.2) is 16.7 Å². The highest BCUT2D eigenvalue weighted by Gasteiger charge is 2.17. The molecule has 0 atom stereocenters. The van der Waals surface area contributed by atoms with Gasteiger partial charge in [-0.25, -0.2) is 0 Å². The molecular formula is C12H13Cl2N3. The first-order valence-corrected chi connectivity index (χ1v) is 5.75. The van der Waals surface area contributed by atoms with Crippen molar-refractivity contribution in [1.82, 2.24) is 15.5 Å². The molecule has 0 saturated heterocycles. The predicted octanol–water partition coefficient (Wildman–Crippen LogP) is 2.80. The SMILES string of the molecule is Cl.Clc1ccc(-c2n[nH]c3c2CNCC3)cc1. The number of nitrogens with zero attached hydrogens (tertiary/aromatic N) is 1. The van der Waals surface area contributed by atoms with E-state index in [9.17, 15) is 0 Å². The van der Waals surface area contributed by atoms with Crippen molar-refractivity contribution in [3.8, 4) is 11.3 Å². The molecule has 2 aromatic rings. The van der Waals surface area contributed by atoms with E-state index in [1.807, 2.05) is 24.3 Å². The van der Waals surface area contributed by atoms with Crippen LogP contribution in [0.2, 0.25) is 5.02 Å². The molecule has 3 rings (SSSR count). The standard InChI is InChI=1S/C12H12ClN3.ClH/c13-9-3-1-8(2-4-9)12-10-7-14-6-5-11(10)15-16-12;/h1-4,14H,5-7H2,(H,15,16);1H. The molecule has 1 aliphatic rings. The topological polar surface area (TPSA) is 40.7 Å². The first-order valence-electron chi connectivity index (χ1n) is 5.37. The molecule has 0 radical (unpaired) electrons. The Balaban J connectivity index is 0.00000108. The zero-order valence-corrected chi connectivity index (χ0v) is 10.7. The Hall–Kier alpha value is -1.03. The summed E-state index contributed by atoms with van der Waals surface area (Å²) in [5.74, 6) is 0. The molecule has 0 unspecified atom stereocenters. The van der Waals surface area contributed by atoms with E-state index in [4.69, 9.17) is 11.6 Å². The molecule has 0 amide bonds. The smallest absolute Gasteiger partial charge is 0.0968 e. The maximum Gasteiger partial charge on any atom is 0.0968 e. The zero-order valence-electron chi connectivity index (χ0n) is 9.16. The minimum Gasteiger partial charge on any atom is -0.312 e. The quantitative estimate of drug-likeness (QED) is 0.836. The number of aromatic amines is 1. The lowest BCUT2D eigenvalue weighted by atomic mass is 10.0. The summed E-state index contributed by atoms with van der Waals surface area (Å²) in [6.07, 6.45) is 1.02. The van der Waals surface area contributed by atoms with Gasteiger partial charge in [0.15, 0.2) is 0 Å². The number of hydrogen-bond donors (Lipinski definition) is 2. The van der Waals surface area contributed by atoms with Crippen molar-refractivity contribution in [1.29, 1.82) is 0 Å². The van der Waals surface area contributed by atoms with Gasteiger partial charge in [0, 0.05) is 41.4 Å². The third kappa shape index (κ3) is 2.32. The van der Waals surface area contributed by atoms with Crippen LogP contribution in [0, 0.1) is 0 Å². The van der Waals surface area contributed by atoms with E-state index >= 15 is 0 Å². The van der Waals surface area contributed by atoms with E-state index in [0.717, 1.165) is 35.8 Å². The summed E-state index contributed by atoms with van der Waals surface area (Å²) in [7, 11) is 0. The second kappa shape index (κ2) is 5.08. The van der Waals surface area contributed by atoms with E-state index in [1.165, 1.54) is 11.3 Å². The lowest BCUT2D eigenvalue weighted by Gasteiger charge is -2.12. The summed E-state index contributed by atoms with van der Waals surface area (Å²) in [5, 5.41) is 11.6. The number of benzene rings is 1. The number of rotatable bonds is 1. The largest absolute Gasteiger partial charge is 0.312 e. The Morgan fingerprint density at radius 3 is 2.71 bits per heavy atom. The molecule has 1 aliphatic heterocycles. The molecule has 0 bridgehead atoms. The highest BCUT2D eigenvalue weighted by atomic mass is 35.5. The second-order valence-electron chi connectivity index (χ2n) is 3.96. The molecule has 0 spiro atoms. The van der Waals surface area contributed by atoms with Crippen LogP contribution in [0.5, 0.6) is 0 Å². The lowest BCUT2D eigenvalue weighted by molar-refractivity contribution is 0.637. The molecule has 1 aromatic carbocycles. The van der Waals surface area contributed by atoms with Gasteiger partial charge in [0.2, 0.25) is 0 Å². The van der Waals surface area contributed by atoms with E-state index in [1.54, 1.807) is 0 Å². The Bertz CT molecular complexity index is 505. The Morgan fingerprint density at radius 2 is 1.94 bits per heavy atom. The van der Waals surface area contributed by atoms with Gasteiger partial charge >= 0.3 is 0 Å². The summed E-state index contributed by atoms with van der Waals surface area (Å²) >= 11 is 5.88. The number of hydrogen-bond acceptors (Lipinski definition) is 2. The minimum atomic E-state index is 0. The molecule has 0 saturated carbocycles. The molecular weight excluding hydrogens is 257 g/mol. The fraction of sp³-hybridized carbons (Fsp3) is 0.250. The first-order chi connectivity index (χ1) is 7.84. The van der Waals surface area contributed by atoms with Crippen LogP contribution in [0.1, 0.15) is 11.3 Å². The van der Waals surface area contributed by atoms with Crippen molar-refractivity contribution < 1.29 is 0 Å². The molecule has 0 aliphatic carbocycles. The predicted molar refractivity (Wildman–Crippen MR) is 71.7 cm³/mol. The van der Waals surface area contributed by atoms with Crippen molar-refractivity contribution in [3.63, 3.8) is 0 Å². The third-order valence-corrected chi connectivity index (χ3v) is 3.18. The summed E-state index contributed by atoms with van der Waals surface area (Å²) in [4.78, 5) is 0. The summed E-state index contributed by atoms with van der Waals surface area (Å²) in [6.45, 7) is 1.92. The Morgan fingerprint density at radius 1 is 1.18 bits per heavy atom. The second-order valence-corrected chi connectivity index (χ2v) is 4.40. The maximum absolute atomic E-state index is 5.88. The van der Waals surface area contributed by atoms with Gasteiger partial charge < -0.3 is 5.32 Å². The van der Waals surface area contributed by atoms with Gasteiger partial charge in [0.1, 0.15) is 0 Å². The third-order valence-electron chi connectivity index (χ3n) is 2.92. The zero-order chi connectivity index (χ0) is 11.0. The number of fused-ring (bicyclic) bond motifs is 1. The van der Waals surface area contributed by atoms with Crippen LogP contribution >= 0.6 is 24.0 Å². The molecule has 90 valence electrons. The van der Waals surface area contributed by atoms with Crippen molar-refractivity contribution >= 4 is 24.0 Å². The van der Waals surface area contributed by atoms with Crippen molar-refractivity contribution in [2.45, 2.75) is 13.0 Å². The van der Waals surface area contributed by atoms with E-state index in [-0.39, 0.29) is 12.4 Å². The maximum atomic E-state index is 5.88. The monoisotopic (exact) mass is 269 g/mol. The van der Waals surface area contributed by atoms with E-state index in [2.05, 4.69) is 15.5 Å². The van der Waals surface area contributed by atoms with Crippen LogP contribution in [0.25, 0.3) is 11.3 Å². The normalized spacial score (nSPS) is 13.9. The van der Waals surface area contributed by atoms with Gasteiger partial charge in [-0.05, 0) is 12.1 Å². The highest BCUT2D eigenvalue weighted by Crippen LogP contribution is 2.26. The number of halogens is 2. The van der Waals surface area contributed by atoms with Gasteiger partial charge in [-0.3, -0.25) is 5.10 Å². The number of nitrogens with one attached hydrogen (secondary N) is 2. The van der Waals surface area contributed by atoms with E-state index < -0.39 is 0 Å². The van der Waals surface area contributed by atoms with Crippen LogP contribution < -0.4 is 5.32 Å². The highest BCUT2D eigenvalue weighted by molar-refractivity contribution is 6.30. The average Bonchev–Trinajstić information content (AvgIpc) is 2.74. The van der Waals surface area contributed by atoms with E-state index in [0.29, 0.717) is 0 Å². The average molecular weight is 270 g/mol. The lowest BCUT2D eigenvalue weighted by Crippen LogP contribution is -2.23. The van der Waals surface area contributed by atoms with Crippen molar-refractivity contribution in [2.24, 2.45) is 0 Å². The van der Waals surface area contributed by atoms with Gasteiger partial charge in [-0.1, -0.05) is 23.7 Å². The molecule has 1 aromatic heterocycles. The Kier molecular flexibility index (Phi) is 3.72. The first kappa shape index (κ1) is 12.4. The van der Waals surface area contributed by atoms with Crippen LogP contribution in [0.15, 0.2) is 24.3 Å². The van der Waals surface area contributed by atoms with Gasteiger partial charge in [-0.2, -0.15) is 5.10 Å². The number of aromatic nitrogens is 2. The van der Waals surface area contributed by atoms with Gasteiger partial charge in [0.05, 0.1) is 5.69 Å². The van der Waals surface area contributed by atoms with Crippen LogP contribution in [-0.2, 0) is 13.0 Å². The summed E-state index contributed by atoms with van der Waals surface area (Å²) in [6, 6.07) is 7.81. The number of H-pyrrole nitrogens is 1. The summed E-state index contributed by atoms with van der Waals surface area (Å²) < 4.78 is 0. The van der Waals surface area contributed by atoms with Crippen LogP contribution in [0.3, 0.4) is 0 Å². The molecule has 3 nitrogen and oxygen atoms in total. The fourth-order valence-electron chi connectivity index (χ4n) is 2.07. The molecule has 5 heteroatoms. The molecule has 17 heavy (non-hydrogen) atoms. The van der Waals surface area contributed by atoms with Crippen LogP contribution in [0.4, 0.5) is 0 Å². The minimum absolute atomic E-state index is 0. The molecule has 2 N–H and O–H groups in total. The molecule has 0 fully saturated rings. The summed E-state index contributed by atoms with van der Waals surface area (Å²) in [5.41, 5.74) is 4.70. The van der Waals surface area contributed by atoms with Crippen molar-refractivity contribution in [2.75, 3.05) is 6.54 Å². The Labute approximate surface area is 111 Å². The molecule has 2 heterocycles. The van der Waals surface area contributed by atoms with Gasteiger partial charge in [0.25, 0.3) is 0 Å². The van der Waals surface area contributed by atoms with Gasteiger partial charge in [-0.15, -0.1) is 12.4 Å².